The van der Waals surface area contributed by atoms with Crippen LogP contribution in [0.2, 0.25) is 5.02 Å². The van der Waals surface area contributed by atoms with Crippen LogP contribution in [0.3, 0.4) is 0 Å². The molecule has 0 amide bonds. The van der Waals surface area contributed by atoms with Gasteiger partial charge in [0, 0.05) is 22.6 Å². The number of carboxylic acid groups (broad SMARTS) is 1. The molecule has 0 radical (unpaired) electrons. The number of benzene rings is 2. The van der Waals surface area contributed by atoms with Crippen molar-refractivity contribution in [2.45, 2.75) is 18.1 Å². The van der Waals surface area contributed by atoms with Crippen LogP contribution >= 0.6 is 23.4 Å². The van der Waals surface area contributed by atoms with Gasteiger partial charge in [0.25, 0.3) is 0 Å². The van der Waals surface area contributed by atoms with E-state index in [-0.39, 0.29) is 47.1 Å². The molecule has 2 aliphatic carbocycles. The molecule has 7 heteroatoms. The van der Waals surface area contributed by atoms with Crippen LogP contribution in [0.5, 0.6) is 0 Å². The van der Waals surface area contributed by atoms with Gasteiger partial charge in [-0.15, -0.1) is 11.8 Å². The van der Waals surface area contributed by atoms with Gasteiger partial charge in [0.15, 0.2) is 0 Å². The molecule has 0 spiro atoms. The Labute approximate surface area is 253 Å². The molecule has 4 nitrogen and oxygen atoms in total. The summed E-state index contributed by atoms with van der Waals surface area (Å²) in [6.07, 6.45) is 11.3. The number of carboxylic acids is 1. The first-order valence-electron chi connectivity index (χ1n) is 12.4. The summed E-state index contributed by atoms with van der Waals surface area (Å²) in [5.74, 6) is 0.641. The second-order valence-electron chi connectivity index (χ2n) is 9.65. The van der Waals surface area contributed by atoms with E-state index in [0.29, 0.717) is 10.9 Å². The number of aliphatic carboxylic acids is 1. The Bertz CT molecular complexity index is 1570. The number of nitrogens with zero attached hydrogens (tertiary/aromatic N) is 2. The molecule has 0 bridgehead atoms. The first-order chi connectivity index (χ1) is 18.0. The van der Waals surface area contributed by atoms with Crippen molar-refractivity contribution in [2.24, 2.45) is 11.8 Å². The van der Waals surface area contributed by atoms with Gasteiger partial charge < -0.3 is 9.90 Å². The van der Waals surface area contributed by atoms with Crippen molar-refractivity contribution in [3.8, 4) is 0 Å². The molecule has 2 aromatic carbocycles. The summed E-state index contributed by atoms with van der Waals surface area (Å²) in [5, 5.41) is 12.9. The van der Waals surface area contributed by atoms with E-state index in [1.165, 1.54) is 16.7 Å². The maximum absolute atomic E-state index is 11.0. The van der Waals surface area contributed by atoms with Crippen LogP contribution in [0.15, 0.2) is 66.9 Å². The summed E-state index contributed by atoms with van der Waals surface area (Å²) in [6, 6.07) is 20.5. The van der Waals surface area contributed by atoms with Gasteiger partial charge in [0.2, 0.25) is 0 Å². The van der Waals surface area contributed by atoms with Crippen LogP contribution in [0.25, 0.3) is 35.2 Å². The summed E-state index contributed by atoms with van der Waals surface area (Å²) < 4.78 is 0. The van der Waals surface area contributed by atoms with Crippen LogP contribution < -0.4 is 34.7 Å². The maximum Gasteiger partial charge on any atom is 1.00 e. The first-order valence-corrected chi connectivity index (χ1v) is 13.8. The minimum Gasteiger partial charge on any atom is -0.550 e. The van der Waals surface area contributed by atoms with Crippen LogP contribution in [0, 0.1) is 11.8 Å². The maximum atomic E-state index is 11.0. The number of fused-ring (bicyclic) bond motifs is 3. The first kappa shape index (κ1) is 27.2. The number of rotatable bonds is 7. The van der Waals surface area contributed by atoms with Gasteiger partial charge in [-0.05, 0) is 95.2 Å². The molecule has 38 heavy (non-hydrogen) atoms. The fraction of sp³-hybridized carbons (Fsp3) is 0.194. The Balaban J connectivity index is 0.00000294. The Morgan fingerprint density at radius 2 is 1.89 bits per heavy atom. The van der Waals surface area contributed by atoms with Gasteiger partial charge in [0.05, 0.1) is 22.2 Å². The van der Waals surface area contributed by atoms with Gasteiger partial charge in [-0.25, -0.2) is 4.98 Å². The third-order valence-corrected chi connectivity index (χ3v) is 8.76. The number of hydrogen-bond donors (Lipinski definition) is 0. The van der Waals surface area contributed by atoms with Crippen molar-refractivity contribution in [1.82, 2.24) is 9.97 Å². The number of aromatic nitrogens is 2. The SMILES string of the molecule is O=C([O-])CC1CC1CSC1c2cc(/C=C/c3ccc4ccc(Cl)cc4n3)ccc2C=Cc2ncccc21.[Na+]. The molecule has 3 unspecified atom stereocenters. The van der Waals surface area contributed by atoms with E-state index in [1.807, 2.05) is 54.4 Å². The van der Waals surface area contributed by atoms with Gasteiger partial charge in [0.1, 0.15) is 0 Å². The van der Waals surface area contributed by atoms with E-state index in [4.69, 9.17) is 16.6 Å². The van der Waals surface area contributed by atoms with Crippen molar-refractivity contribution in [2.75, 3.05) is 5.75 Å². The number of thioether (sulfide) groups is 1. The van der Waals surface area contributed by atoms with Crippen molar-refractivity contribution in [3.05, 3.63) is 106 Å². The normalized spacial score (nSPS) is 19.4. The Morgan fingerprint density at radius 1 is 1.03 bits per heavy atom. The molecule has 184 valence electrons. The summed E-state index contributed by atoms with van der Waals surface area (Å²) in [4.78, 5) is 20.4. The van der Waals surface area contributed by atoms with Crippen LogP contribution in [0.4, 0.5) is 0 Å². The van der Waals surface area contributed by atoms with E-state index < -0.39 is 5.97 Å². The number of carbonyl (C=O) groups excluding carboxylic acids is 1. The minimum absolute atomic E-state index is 0. The molecule has 1 saturated carbocycles. The molecule has 2 heterocycles. The van der Waals surface area contributed by atoms with E-state index in [2.05, 4.69) is 53.5 Å². The van der Waals surface area contributed by atoms with Crippen molar-refractivity contribution in [3.63, 3.8) is 0 Å². The zero-order chi connectivity index (χ0) is 25.4. The smallest absolute Gasteiger partial charge is 0.550 e. The van der Waals surface area contributed by atoms with Crippen molar-refractivity contribution in [1.29, 1.82) is 0 Å². The monoisotopic (exact) mass is 546 g/mol. The van der Waals surface area contributed by atoms with Gasteiger partial charge in [-0.1, -0.05) is 54.1 Å². The zero-order valence-corrected chi connectivity index (χ0v) is 24.6. The summed E-state index contributed by atoms with van der Waals surface area (Å²) in [5.41, 5.74) is 7.43. The second-order valence-corrected chi connectivity index (χ2v) is 11.2. The molecular weight excluding hydrogens is 523 g/mol. The van der Waals surface area contributed by atoms with Crippen molar-refractivity contribution >= 4 is 64.5 Å². The fourth-order valence-corrected chi connectivity index (χ4v) is 6.74. The minimum atomic E-state index is -0.948. The van der Waals surface area contributed by atoms with Gasteiger partial charge >= 0.3 is 29.6 Å². The quantitative estimate of drug-likeness (QED) is 0.332. The molecule has 2 aromatic heterocycles. The van der Waals surface area contributed by atoms with Gasteiger partial charge in [-0.2, -0.15) is 0 Å². The van der Waals surface area contributed by atoms with Crippen LogP contribution in [-0.2, 0) is 4.79 Å². The molecule has 0 aliphatic heterocycles. The zero-order valence-electron chi connectivity index (χ0n) is 21.0. The number of halogens is 1. The van der Waals surface area contributed by atoms with E-state index in [9.17, 15) is 9.90 Å². The Morgan fingerprint density at radius 3 is 2.76 bits per heavy atom. The molecular formula is C31H24ClN2NaO2S. The summed E-state index contributed by atoms with van der Waals surface area (Å²) in [6.45, 7) is 0. The topological polar surface area (TPSA) is 65.9 Å². The predicted octanol–water partition coefficient (Wildman–Crippen LogP) is 3.54. The fourth-order valence-electron chi connectivity index (χ4n) is 4.96. The molecule has 3 atom stereocenters. The molecule has 0 saturated heterocycles. The summed E-state index contributed by atoms with van der Waals surface area (Å²) >= 11 is 8.04. The molecule has 6 rings (SSSR count). The predicted molar refractivity (Wildman–Crippen MR) is 151 cm³/mol. The largest absolute Gasteiger partial charge is 1.00 e. The number of pyridine rings is 2. The third kappa shape index (κ3) is 6.08. The molecule has 2 aliphatic rings. The average Bonchev–Trinajstić information content (AvgIpc) is 3.65. The Kier molecular flexibility index (Phi) is 8.41. The second kappa shape index (κ2) is 11.8. The third-order valence-electron chi connectivity index (χ3n) is 7.06. The number of hydrogen-bond acceptors (Lipinski definition) is 5. The molecule has 4 aromatic rings. The van der Waals surface area contributed by atoms with E-state index >= 15 is 0 Å². The molecule has 1 fully saturated rings. The van der Waals surface area contributed by atoms with E-state index in [0.717, 1.165) is 40.0 Å². The summed E-state index contributed by atoms with van der Waals surface area (Å²) in [7, 11) is 0. The number of carbonyl (C=O) groups is 1. The van der Waals surface area contributed by atoms with Gasteiger partial charge in [-0.3, -0.25) is 4.98 Å². The standard InChI is InChI=1S/C31H25ClN2O2S.Na/c32-24-9-6-21-7-11-25(34-29(21)17-24)10-4-19-3-5-20-8-12-28-26(2-1-13-33-28)31(27(20)14-19)37-18-23-15-22(23)16-30(35)36;/h1-14,17,22-23,31H,15-16,18H2,(H,35,36);/q;+1/p-1/b10-4+;. The van der Waals surface area contributed by atoms with Crippen LogP contribution in [0.1, 0.15) is 51.7 Å². The van der Waals surface area contributed by atoms with Crippen molar-refractivity contribution < 1.29 is 39.5 Å². The average molecular weight is 547 g/mol. The Hall–Kier alpha value is -2.41. The molecule has 0 N–H and O–H groups in total. The van der Waals surface area contributed by atoms with Crippen LogP contribution in [-0.4, -0.2) is 21.7 Å². The van der Waals surface area contributed by atoms with E-state index in [1.54, 1.807) is 0 Å².